The van der Waals surface area contributed by atoms with Gasteiger partial charge in [-0.3, -0.25) is 4.79 Å². The lowest BCUT2D eigenvalue weighted by Crippen LogP contribution is -2.46. The average molecular weight is 196 g/mol. The quantitative estimate of drug-likeness (QED) is 0.632. The fourth-order valence-electron chi connectivity index (χ4n) is 1.54. The molecule has 0 aromatic carbocycles. The first kappa shape index (κ1) is 10.3. The highest BCUT2D eigenvalue weighted by molar-refractivity contribution is 5.78. The van der Waals surface area contributed by atoms with Gasteiger partial charge in [0.2, 0.25) is 5.91 Å². The van der Waals surface area contributed by atoms with E-state index in [4.69, 9.17) is 5.73 Å². The van der Waals surface area contributed by atoms with E-state index >= 15 is 0 Å². The molecule has 13 heavy (non-hydrogen) atoms. The second-order valence-electron chi connectivity index (χ2n) is 3.50. The Bertz CT molecular complexity index is 228. The van der Waals surface area contributed by atoms with Crippen LogP contribution < -0.4 is 11.1 Å². The molecule has 1 amide bonds. The van der Waals surface area contributed by atoms with Gasteiger partial charge in [-0.25, -0.2) is 0 Å². The molecule has 76 valence electrons. The second-order valence-corrected chi connectivity index (χ2v) is 3.50. The van der Waals surface area contributed by atoms with Crippen molar-refractivity contribution in [3.05, 3.63) is 0 Å². The summed E-state index contributed by atoms with van der Waals surface area (Å²) in [5.41, 5.74) is 2.88. The normalized spacial score (nSPS) is 34.9. The zero-order valence-electron chi connectivity index (χ0n) is 7.11. The van der Waals surface area contributed by atoms with Crippen molar-refractivity contribution in [3.8, 4) is 0 Å². The predicted molar refractivity (Wildman–Crippen MR) is 39.7 cm³/mol. The minimum Gasteiger partial charge on any atom is -0.369 e. The fraction of sp³-hybridized carbons (Fsp3) is 0.857. The molecule has 0 aliphatic carbocycles. The van der Waals surface area contributed by atoms with Crippen molar-refractivity contribution < 1.29 is 18.0 Å². The first-order valence-electron chi connectivity index (χ1n) is 3.86. The first-order chi connectivity index (χ1) is 5.79. The van der Waals surface area contributed by atoms with Crippen molar-refractivity contribution in [2.45, 2.75) is 13.1 Å². The van der Waals surface area contributed by atoms with Gasteiger partial charge in [0.05, 0.1) is 11.3 Å². The van der Waals surface area contributed by atoms with Gasteiger partial charge in [0.15, 0.2) is 0 Å². The number of carbonyl (C=O) groups is 1. The van der Waals surface area contributed by atoms with E-state index in [1.807, 2.05) is 0 Å². The Hall–Kier alpha value is -0.780. The van der Waals surface area contributed by atoms with Gasteiger partial charge in [-0.2, -0.15) is 13.2 Å². The van der Waals surface area contributed by atoms with E-state index in [1.54, 1.807) is 0 Å². The number of hydrogen-bond acceptors (Lipinski definition) is 2. The number of halogens is 3. The number of alkyl halides is 3. The van der Waals surface area contributed by atoms with Crippen LogP contribution in [0, 0.1) is 11.3 Å². The Morgan fingerprint density at radius 3 is 2.46 bits per heavy atom. The Balaban J connectivity index is 2.95. The van der Waals surface area contributed by atoms with Gasteiger partial charge >= 0.3 is 6.18 Å². The van der Waals surface area contributed by atoms with Gasteiger partial charge in [-0.05, 0) is 6.92 Å². The molecule has 0 aromatic heterocycles. The summed E-state index contributed by atoms with van der Waals surface area (Å²) in [5, 5.41) is 2.53. The highest BCUT2D eigenvalue weighted by Gasteiger charge is 2.59. The van der Waals surface area contributed by atoms with Crippen LogP contribution in [-0.2, 0) is 4.79 Å². The zero-order valence-corrected chi connectivity index (χ0v) is 7.11. The molecule has 1 rings (SSSR count). The molecule has 6 heteroatoms. The summed E-state index contributed by atoms with van der Waals surface area (Å²) in [6.07, 6.45) is -4.39. The summed E-state index contributed by atoms with van der Waals surface area (Å²) in [7, 11) is 0. The van der Waals surface area contributed by atoms with Crippen molar-refractivity contribution in [3.63, 3.8) is 0 Å². The van der Waals surface area contributed by atoms with Gasteiger partial charge in [0, 0.05) is 13.1 Å². The zero-order chi connectivity index (χ0) is 10.3. The maximum Gasteiger partial charge on any atom is 0.396 e. The Morgan fingerprint density at radius 2 is 2.15 bits per heavy atom. The standard InChI is InChI=1S/C7H11F3N2O/c1-6(7(8,9)10)3-12-2-4(6)5(11)13/h4,12H,2-3H2,1H3,(H2,11,13). The Morgan fingerprint density at radius 1 is 1.62 bits per heavy atom. The van der Waals surface area contributed by atoms with Crippen LogP contribution in [0.2, 0.25) is 0 Å². The number of rotatable bonds is 1. The van der Waals surface area contributed by atoms with Crippen LogP contribution in [0.5, 0.6) is 0 Å². The number of hydrogen-bond donors (Lipinski definition) is 2. The molecule has 3 nitrogen and oxygen atoms in total. The van der Waals surface area contributed by atoms with Crippen LogP contribution in [0.1, 0.15) is 6.92 Å². The molecule has 0 bridgehead atoms. The third kappa shape index (κ3) is 1.50. The van der Waals surface area contributed by atoms with Crippen molar-refractivity contribution in [1.29, 1.82) is 0 Å². The lowest BCUT2D eigenvalue weighted by molar-refractivity contribution is -0.223. The molecule has 0 radical (unpaired) electrons. The summed E-state index contributed by atoms with van der Waals surface area (Å²) in [6, 6.07) is 0. The van der Waals surface area contributed by atoms with Crippen LogP contribution >= 0.6 is 0 Å². The number of primary amides is 1. The van der Waals surface area contributed by atoms with E-state index in [1.165, 1.54) is 0 Å². The molecule has 1 aliphatic rings. The topological polar surface area (TPSA) is 55.1 Å². The van der Waals surface area contributed by atoms with Gasteiger partial charge in [0.25, 0.3) is 0 Å². The molecular weight excluding hydrogens is 185 g/mol. The van der Waals surface area contributed by atoms with Gasteiger partial charge in [-0.15, -0.1) is 0 Å². The molecule has 1 fully saturated rings. The monoisotopic (exact) mass is 196 g/mol. The summed E-state index contributed by atoms with van der Waals surface area (Å²) in [4.78, 5) is 10.7. The molecule has 2 unspecified atom stereocenters. The molecule has 2 atom stereocenters. The van der Waals surface area contributed by atoms with E-state index in [2.05, 4.69) is 5.32 Å². The van der Waals surface area contributed by atoms with E-state index < -0.39 is 23.4 Å². The average Bonchev–Trinajstić information content (AvgIpc) is 2.30. The highest BCUT2D eigenvalue weighted by atomic mass is 19.4. The first-order valence-corrected chi connectivity index (χ1v) is 3.86. The van der Waals surface area contributed by atoms with Crippen LogP contribution in [0.3, 0.4) is 0 Å². The lowest BCUT2D eigenvalue weighted by atomic mass is 9.79. The highest BCUT2D eigenvalue weighted by Crippen LogP contribution is 2.45. The van der Waals surface area contributed by atoms with Crippen molar-refractivity contribution >= 4 is 5.91 Å². The van der Waals surface area contributed by atoms with Gasteiger partial charge in [0.1, 0.15) is 0 Å². The lowest BCUT2D eigenvalue weighted by Gasteiger charge is -2.30. The molecule has 1 aliphatic heterocycles. The van der Waals surface area contributed by atoms with Crippen LogP contribution in [0.15, 0.2) is 0 Å². The number of amides is 1. The third-order valence-electron chi connectivity index (χ3n) is 2.60. The number of nitrogens with one attached hydrogen (secondary N) is 1. The van der Waals surface area contributed by atoms with E-state index in [-0.39, 0.29) is 13.1 Å². The summed E-state index contributed by atoms with van der Waals surface area (Å²) in [5.74, 6) is -2.06. The minimum absolute atomic E-state index is 0.00530. The van der Waals surface area contributed by atoms with Crippen LogP contribution in [0.4, 0.5) is 13.2 Å². The molecule has 1 saturated heterocycles. The second kappa shape index (κ2) is 2.87. The van der Waals surface area contributed by atoms with Crippen molar-refractivity contribution in [1.82, 2.24) is 5.32 Å². The molecule has 1 heterocycles. The summed E-state index contributed by atoms with van der Waals surface area (Å²) in [6.45, 7) is 0.776. The minimum atomic E-state index is -4.39. The van der Waals surface area contributed by atoms with Gasteiger partial charge in [-0.1, -0.05) is 0 Å². The van der Waals surface area contributed by atoms with Crippen molar-refractivity contribution in [2.75, 3.05) is 13.1 Å². The van der Waals surface area contributed by atoms with Gasteiger partial charge < -0.3 is 11.1 Å². The number of carbonyl (C=O) groups excluding carboxylic acids is 1. The maximum atomic E-state index is 12.5. The predicted octanol–water partition coefficient (Wildman–Crippen LogP) is 0.260. The largest absolute Gasteiger partial charge is 0.396 e. The van der Waals surface area contributed by atoms with E-state index in [9.17, 15) is 18.0 Å². The third-order valence-corrected chi connectivity index (χ3v) is 2.60. The smallest absolute Gasteiger partial charge is 0.369 e. The maximum absolute atomic E-state index is 12.5. The van der Waals surface area contributed by atoms with E-state index in [0.717, 1.165) is 6.92 Å². The van der Waals surface area contributed by atoms with E-state index in [0.29, 0.717) is 0 Å². The van der Waals surface area contributed by atoms with Crippen LogP contribution in [0.25, 0.3) is 0 Å². The summed E-state index contributed by atoms with van der Waals surface area (Å²) >= 11 is 0. The SMILES string of the molecule is CC1(C(F)(F)F)CNCC1C(N)=O. The summed E-state index contributed by atoms with van der Waals surface area (Å²) < 4.78 is 37.5. The molecule has 3 N–H and O–H groups in total. The van der Waals surface area contributed by atoms with Crippen LogP contribution in [-0.4, -0.2) is 25.2 Å². The molecule has 0 saturated carbocycles. The molecular formula is C7H11F3N2O. The Kier molecular flexibility index (Phi) is 2.27. The molecule has 0 aromatic rings. The van der Waals surface area contributed by atoms with Crippen molar-refractivity contribution in [2.24, 2.45) is 17.1 Å². The number of nitrogens with two attached hydrogens (primary N) is 1. The molecule has 0 spiro atoms. The Labute approximate surface area is 73.5 Å². The fourth-order valence-corrected chi connectivity index (χ4v) is 1.54.